The van der Waals surface area contributed by atoms with Crippen LogP contribution in [0.15, 0.2) is 42.5 Å². The summed E-state index contributed by atoms with van der Waals surface area (Å²) in [5.41, 5.74) is 2.16. The molecule has 0 radical (unpaired) electrons. The molecular formula is C15H14ClFN2O2. The van der Waals surface area contributed by atoms with Gasteiger partial charge in [-0.3, -0.25) is 5.32 Å². The molecule has 21 heavy (non-hydrogen) atoms. The number of halogens is 2. The SMILES string of the molecule is COC(=O)Nc1cccc(NCc2ccc(Cl)c(F)c2)c1. The van der Waals surface area contributed by atoms with Gasteiger partial charge in [0.05, 0.1) is 12.1 Å². The van der Waals surface area contributed by atoms with E-state index in [-0.39, 0.29) is 5.02 Å². The minimum atomic E-state index is -0.535. The first kappa shape index (κ1) is 15.1. The Morgan fingerprint density at radius 2 is 2.00 bits per heavy atom. The molecule has 0 aromatic heterocycles. The van der Waals surface area contributed by atoms with Gasteiger partial charge in [0.15, 0.2) is 0 Å². The molecule has 2 rings (SSSR count). The van der Waals surface area contributed by atoms with Crippen LogP contribution in [0.5, 0.6) is 0 Å². The summed E-state index contributed by atoms with van der Waals surface area (Å²) in [6, 6.07) is 11.8. The van der Waals surface area contributed by atoms with Crippen molar-refractivity contribution >= 4 is 29.1 Å². The van der Waals surface area contributed by atoms with E-state index in [0.717, 1.165) is 11.3 Å². The molecular weight excluding hydrogens is 295 g/mol. The Morgan fingerprint density at radius 1 is 1.24 bits per heavy atom. The molecule has 0 saturated carbocycles. The lowest BCUT2D eigenvalue weighted by molar-refractivity contribution is 0.187. The molecule has 4 nitrogen and oxygen atoms in total. The molecule has 0 spiro atoms. The number of amides is 1. The standard InChI is InChI=1S/C15H14ClFN2O2/c1-21-15(20)19-12-4-2-3-11(8-12)18-9-10-5-6-13(16)14(17)7-10/h2-8,18H,9H2,1H3,(H,19,20). The van der Waals surface area contributed by atoms with Gasteiger partial charge in [-0.05, 0) is 35.9 Å². The molecule has 1 amide bonds. The quantitative estimate of drug-likeness (QED) is 0.887. The van der Waals surface area contributed by atoms with Crippen LogP contribution >= 0.6 is 11.6 Å². The van der Waals surface area contributed by atoms with E-state index in [9.17, 15) is 9.18 Å². The average Bonchev–Trinajstić information content (AvgIpc) is 2.49. The van der Waals surface area contributed by atoms with Crippen LogP contribution in [0.3, 0.4) is 0 Å². The first-order chi connectivity index (χ1) is 10.1. The van der Waals surface area contributed by atoms with E-state index < -0.39 is 11.9 Å². The highest BCUT2D eigenvalue weighted by Gasteiger charge is 2.03. The number of hydrogen-bond acceptors (Lipinski definition) is 3. The Balaban J connectivity index is 2.01. The van der Waals surface area contributed by atoms with Crippen molar-refractivity contribution in [3.8, 4) is 0 Å². The molecule has 0 aliphatic rings. The molecule has 0 atom stereocenters. The van der Waals surface area contributed by atoms with Gasteiger partial charge < -0.3 is 10.1 Å². The maximum absolute atomic E-state index is 13.3. The summed E-state index contributed by atoms with van der Waals surface area (Å²) in [5, 5.41) is 5.81. The number of nitrogens with one attached hydrogen (secondary N) is 2. The van der Waals surface area contributed by atoms with Crippen molar-refractivity contribution in [3.05, 3.63) is 58.9 Å². The van der Waals surface area contributed by atoms with Crippen molar-refractivity contribution < 1.29 is 13.9 Å². The third-order valence-electron chi connectivity index (χ3n) is 2.78. The van der Waals surface area contributed by atoms with Gasteiger partial charge in [0.1, 0.15) is 5.82 Å². The lowest BCUT2D eigenvalue weighted by atomic mass is 10.2. The second-order valence-corrected chi connectivity index (χ2v) is 4.71. The Morgan fingerprint density at radius 3 is 2.71 bits per heavy atom. The summed E-state index contributed by atoms with van der Waals surface area (Å²) in [4.78, 5) is 11.1. The highest BCUT2D eigenvalue weighted by Crippen LogP contribution is 2.18. The zero-order valence-electron chi connectivity index (χ0n) is 11.3. The van der Waals surface area contributed by atoms with E-state index >= 15 is 0 Å². The number of rotatable bonds is 4. The van der Waals surface area contributed by atoms with Crippen LogP contribution in [0.2, 0.25) is 5.02 Å². The molecule has 2 N–H and O–H groups in total. The second kappa shape index (κ2) is 6.95. The summed E-state index contributed by atoms with van der Waals surface area (Å²) >= 11 is 5.63. The fourth-order valence-electron chi connectivity index (χ4n) is 1.73. The zero-order chi connectivity index (χ0) is 15.2. The Bertz CT molecular complexity index is 649. The molecule has 0 aliphatic carbocycles. The number of carbonyl (C=O) groups excluding carboxylic acids is 1. The predicted molar refractivity (Wildman–Crippen MR) is 81.2 cm³/mol. The van der Waals surface area contributed by atoms with E-state index in [0.29, 0.717) is 12.2 Å². The van der Waals surface area contributed by atoms with E-state index in [1.807, 2.05) is 6.07 Å². The largest absolute Gasteiger partial charge is 0.453 e. The third kappa shape index (κ3) is 4.36. The lowest BCUT2D eigenvalue weighted by Crippen LogP contribution is -2.11. The van der Waals surface area contributed by atoms with E-state index in [4.69, 9.17) is 11.6 Å². The molecule has 0 heterocycles. The molecule has 0 unspecified atom stereocenters. The normalized spacial score (nSPS) is 10.0. The van der Waals surface area contributed by atoms with Gasteiger partial charge in [0, 0.05) is 17.9 Å². The summed E-state index contributed by atoms with van der Waals surface area (Å²) in [5.74, 6) is -0.447. The molecule has 2 aromatic rings. The van der Waals surface area contributed by atoms with Gasteiger partial charge in [-0.15, -0.1) is 0 Å². The number of benzene rings is 2. The van der Waals surface area contributed by atoms with E-state index in [2.05, 4.69) is 15.4 Å². The van der Waals surface area contributed by atoms with Crippen LogP contribution in [-0.4, -0.2) is 13.2 Å². The van der Waals surface area contributed by atoms with Gasteiger partial charge in [0.25, 0.3) is 0 Å². The lowest BCUT2D eigenvalue weighted by Gasteiger charge is -2.09. The monoisotopic (exact) mass is 308 g/mol. The predicted octanol–water partition coefficient (Wildman–Crippen LogP) is 4.27. The molecule has 110 valence electrons. The third-order valence-corrected chi connectivity index (χ3v) is 3.08. The van der Waals surface area contributed by atoms with Crippen LogP contribution in [-0.2, 0) is 11.3 Å². The maximum Gasteiger partial charge on any atom is 0.411 e. The maximum atomic E-state index is 13.3. The number of hydrogen-bond donors (Lipinski definition) is 2. The number of carbonyl (C=O) groups is 1. The van der Waals surface area contributed by atoms with E-state index in [1.165, 1.54) is 19.2 Å². The van der Waals surface area contributed by atoms with Crippen molar-refractivity contribution in [2.45, 2.75) is 6.54 Å². The van der Waals surface area contributed by atoms with Crippen LogP contribution in [0.25, 0.3) is 0 Å². The summed E-state index contributed by atoms with van der Waals surface area (Å²) in [6.07, 6.45) is -0.535. The van der Waals surface area contributed by atoms with Crippen LogP contribution in [0.1, 0.15) is 5.56 Å². The first-order valence-electron chi connectivity index (χ1n) is 6.21. The van der Waals surface area contributed by atoms with Crippen molar-refractivity contribution in [2.75, 3.05) is 17.7 Å². The molecule has 0 bridgehead atoms. The number of methoxy groups -OCH3 is 1. The average molecular weight is 309 g/mol. The van der Waals surface area contributed by atoms with Crippen LogP contribution in [0.4, 0.5) is 20.6 Å². The molecule has 6 heteroatoms. The highest BCUT2D eigenvalue weighted by molar-refractivity contribution is 6.30. The van der Waals surface area contributed by atoms with Crippen LogP contribution < -0.4 is 10.6 Å². The number of anilines is 2. The Hall–Kier alpha value is -2.27. The number of ether oxygens (including phenoxy) is 1. The Labute approximate surface area is 126 Å². The van der Waals surface area contributed by atoms with E-state index in [1.54, 1.807) is 24.3 Å². The first-order valence-corrected chi connectivity index (χ1v) is 6.59. The second-order valence-electron chi connectivity index (χ2n) is 4.30. The summed E-state index contributed by atoms with van der Waals surface area (Å²) in [6.45, 7) is 0.440. The van der Waals surface area contributed by atoms with Gasteiger partial charge >= 0.3 is 6.09 Å². The molecule has 0 aliphatic heterocycles. The van der Waals surface area contributed by atoms with Crippen molar-refractivity contribution in [1.29, 1.82) is 0 Å². The van der Waals surface area contributed by atoms with Crippen molar-refractivity contribution in [3.63, 3.8) is 0 Å². The molecule has 0 saturated heterocycles. The topological polar surface area (TPSA) is 50.4 Å². The zero-order valence-corrected chi connectivity index (χ0v) is 12.1. The van der Waals surface area contributed by atoms with Gasteiger partial charge in [-0.2, -0.15) is 0 Å². The summed E-state index contributed by atoms with van der Waals surface area (Å²) < 4.78 is 17.9. The van der Waals surface area contributed by atoms with Crippen molar-refractivity contribution in [1.82, 2.24) is 0 Å². The summed E-state index contributed by atoms with van der Waals surface area (Å²) in [7, 11) is 1.30. The van der Waals surface area contributed by atoms with Gasteiger partial charge in [-0.1, -0.05) is 23.7 Å². The fourth-order valence-corrected chi connectivity index (χ4v) is 1.85. The van der Waals surface area contributed by atoms with Crippen LogP contribution in [0, 0.1) is 5.82 Å². The highest BCUT2D eigenvalue weighted by atomic mass is 35.5. The minimum absolute atomic E-state index is 0.100. The van der Waals surface area contributed by atoms with Gasteiger partial charge in [-0.25, -0.2) is 9.18 Å². The molecule has 2 aromatic carbocycles. The fraction of sp³-hybridized carbons (Fsp3) is 0.133. The molecule has 0 fully saturated rings. The van der Waals surface area contributed by atoms with Crippen molar-refractivity contribution in [2.24, 2.45) is 0 Å². The van der Waals surface area contributed by atoms with Gasteiger partial charge in [0.2, 0.25) is 0 Å². The smallest absolute Gasteiger partial charge is 0.411 e. The Kier molecular flexibility index (Phi) is 5.00. The minimum Gasteiger partial charge on any atom is -0.453 e.